The Morgan fingerprint density at radius 2 is 1.96 bits per heavy atom. The summed E-state index contributed by atoms with van der Waals surface area (Å²) in [5.41, 5.74) is 6.75. The van der Waals surface area contributed by atoms with Crippen molar-refractivity contribution in [2.75, 3.05) is 6.54 Å². The van der Waals surface area contributed by atoms with Crippen molar-refractivity contribution in [2.45, 2.75) is 32.7 Å². The zero-order chi connectivity index (χ0) is 16.5. The maximum absolute atomic E-state index is 11.0. The van der Waals surface area contributed by atoms with Crippen LogP contribution in [-0.2, 0) is 6.54 Å². The molecule has 0 unspecified atom stereocenters. The highest BCUT2D eigenvalue weighted by Gasteiger charge is 2.03. The quantitative estimate of drug-likeness (QED) is 0.697. The van der Waals surface area contributed by atoms with E-state index in [0.717, 1.165) is 13.1 Å². The van der Waals surface area contributed by atoms with E-state index in [1.54, 1.807) is 12.1 Å². The van der Waals surface area contributed by atoms with Gasteiger partial charge in [0.05, 0.1) is 5.56 Å². The van der Waals surface area contributed by atoms with Crippen LogP contribution in [0, 0.1) is 0 Å². The molecule has 0 atom stereocenters. The molecule has 0 saturated heterocycles. The minimum absolute atomic E-state index is 0.363. The maximum atomic E-state index is 11.0. The van der Waals surface area contributed by atoms with Gasteiger partial charge in [0.1, 0.15) is 5.75 Å². The molecule has 122 valence electrons. The lowest BCUT2D eigenvalue weighted by Crippen LogP contribution is -2.14. The van der Waals surface area contributed by atoms with Crippen molar-refractivity contribution < 1.29 is 9.53 Å². The summed E-state index contributed by atoms with van der Waals surface area (Å²) in [6.07, 6.45) is 5.13. The highest BCUT2D eigenvalue weighted by Crippen LogP contribution is 2.19. The minimum Gasteiger partial charge on any atom is -0.439 e. The van der Waals surface area contributed by atoms with Gasteiger partial charge in [-0.2, -0.15) is 0 Å². The van der Waals surface area contributed by atoms with Crippen molar-refractivity contribution in [2.24, 2.45) is 5.73 Å². The van der Waals surface area contributed by atoms with Gasteiger partial charge in [-0.1, -0.05) is 31.9 Å². The Kier molecular flexibility index (Phi) is 6.56. The number of rotatable bonds is 9. The van der Waals surface area contributed by atoms with E-state index in [4.69, 9.17) is 10.5 Å². The number of unbranched alkanes of at least 4 members (excludes halogenated alkanes) is 2. The lowest BCUT2D eigenvalue weighted by molar-refractivity contribution is 0.1000. The second-order valence-electron chi connectivity index (χ2n) is 5.38. The number of nitrogens with zero attached hydrogens (tertiary/aromatic N) is 1. The number of aromatic nitrogens is 1. The van der Waals surface area contributed by atoms with Gasteiger partial charge in [0.15, 0.2) is 0 Å². The Morgan fingerprint density at radius 3 is 2.57 bits per heavy atom. The largest absolute Gasteiger partial charge is 0.439 e. The van der Waals surface area contributed by atoms with Crippen molar-refractivity contribution in [3.05, 3.63) is 53.7 Å². The number of primary amides is 1. The molecule has 0 bridgehead atoms. The molecule has 0 saturated carbocycles. The molecule has 0 radical (unpaired) electrons. The lowest BCUT2D eigenvalue weighted by atomic mass is 10.2. The molecule has 5 heteroatoms. The SMILES string of the molecule is CCCCCNCc1ccc(Oc2ccc(C(N)=O)cn2)cc1. The van der Waals surface area contributed by atoms with E-state index in [2.05, 4.69) is 17.2 Å². The van der Waals surface area contributed by atoms with Crippen molar-refractivity contribution in [3.8, 4) is 11.6 Å². The van der Waals surface area contributed by atoms with Gasteiger partial charge in [0.25, 0.3) is 0 Å². The van der Waals surface area contributed by atoms with Crippen LogP contribution in [0.15, 0.2) is 42.6 Å². The van der Waals surface area contributed by atoms with E-state index >= 15 is 0 Å². The van der Waals surface area contributed by atoms with Crippen molar-refractivity contribution in [1.82, 2.24) is 10.3 Å². The fourth-order valence-corrected chi connectivity index (χ4v) is 2.12. The van der Waals surface area contributed by atoms with Crippen LogP contribution in [0.1, 0.15) is 42.1 Å². The van der Waals surface area contributed by atoms with Crippen LogP contribution >= 0.6 is 0 Å². The van der Waals surface area contributed by atoms with Crippen molar-refractivity contribution in [1.29, 1.82) is 0 Å². The summed E-state index contributed by atoms with van der Waals surface area (Å²) in [5, 5.41) is 3.43. The number of ether oxygens (including phenoxy) is 1. The first-order valence-electron chi connectivity index (χ1n) is 7.92. The number of carbonyl (C=O) groups is 1. The second-order valence-corrected chi connectivity index (χ2v) is 5.38. The number of nitrogens with two attached hydrogens (primary N) is 1. The summed E-state index contributed by atoms with van der Waals surface area (Å²) in [4.78, 5) is 15.0. The Balaban J connectivity index is 1.83. The summed E-state index contributed by atoms with van der Waals surface area (Å²) in [6, 6.07) is 11.1. The monoisotopic (exact) mass is 313 g/mol. The molecular weight excluding hydrogens is 290 g/mol. The average Bonchev–Trinajstić information content (AvgIpc) is 2.57. The van der Waals surface area contributed by atoms with Gasteiger partial charge in [-0.15, -0.1) is 0 Å². The number of hydrogen-bond donors (Lipinski definition) is 2. The smallest absolute Gasteiger partial charge is 0.250 e. The topological polar surface area (TPSA) is 77.2 Å². The Bertz CT molecular complexity index is 609. The van der Waals surface area contributed by atoms with Crippen LogP contribution in [0.2, 0.25) is 0 Å². The van der Waals surface area contributed by atoms with E-state index in [1.807, 2.05) is 24.3 Å². The van der Waals surface area contributed by atoms with Gasteiger partial charge < -0.3 is 15.8 Å². The van der Waals surface area contributed by atoms with Crippen LogP contribution in [0.25, 0.3) is 0 Å². The van der Waals surface area contributed by atoms with Crippen LogP contribution in [-0.4, -0.2) is 17.4 Å². The molecule has 2 aromatic rings. The molecule has 3 N–H and O–H groups in total. The summed E-state index contributed by atoms with van der Waals surface area (Å²) in [5.74, 6) is 0.638. The van der Waals surface area contributed by atoms with E-state index < -0.39 is 5.91 Å². The number of pyridine rings is 1. The third-order valence-corrected chi connectivity index (χ3v) is 3.45. The molecule has 0 aliphatic carbocycles. The van der Waals surface area contributed by atoms with Crippen LogP contribution in [0.3, 0.4) is 0 Å². The van der Waals surface area contributed by atoms with Gasteiger partial charge in [0.2, 0.25) is 11.8 Å². The summed E-state index contributed by atoms with van der Waals surface area (Å²) in [7, 11) is 0. The molecule has 0 aliphatic rings. The van der Waals surface area contributed by atoms with Gasteiger partial charge in [-0.25, -0.2) is 4.98 Å². The minimum atomic E-state index is -0.500. The molecule has 1 heterocycles. The number of carbonyl (C=O) groups excluding carboxylic acids is 1. The number of nitrogens with one attached hydrogen (secondary N) is 1. The molecule has 0 fully saturated rings. The molecule has 2 rings (SSSR count). The van der Waals surface area contributed by atoms with E-state index in [9.17, 15) is 4.79 Å². The molecular formula is C18H23N3O2. The fraction of sp³-hybridized carbons (Fsp3) is 0.333. The standard InChI is InChI=1S/C18H23N3O2/c1-2-3-4-11-20-12-14-5-8-16(9-6-14)23-17-10-7-15(13-21-17)18(19)22/h5-10,13,20H,2-4,11-12H2,1H3,(H2,19,22). The van der Waals surface area contributed by atoms with Crippen LogP contribution < -0.4 is 15.8 Å². The average molecular weight is 313 g/mol. The predicted octanol–water partition coefficient (Wildman–Crippen LogP) is 3.25. The number of amides is 1. The van der Waals surface area contributed by atoms with Crippen molar-refractivity contribution in [3.63, 3.8) is 0 Å². The Labute approximate surface area is 136 Å². The molecule has 1 aromatic heterocycles. The fourth-order valence-electron chi connectivity index (χ4n) is 2.12. The molecule has 0 spiro atoms. The maximum Gasteiger partial charge on any atom is 0.250 e. The Morgan fingerprint density at radius 1 is 1.17 bits per heavy atom. The van der Waals surface area contributed by atoms with Gasteiger partial charge in [-0.3, -0.25) is 4.79 Å². The second kappa shape index (κ2) is 8.90. The van der Waals surface area contributed by atoms with E-state index in [1.165, 1.54) is 31.0 Å². The van der Waals surface area contributed by atoms with Crippen LogP contribution in [0.4, 0.5) is 0 Å². The van der Waals surface area contributed by atoms with Crippen LogP contribution in [0.5, 0.6) is 11.6 Å². The molecule has 0 aliphatic heterocycles. The normalized spacial score (nSPS) is 10.5. The van der Waals surface area contributed by atoms with E-state index in [-0.39, 0.29) is 0 Å². The first-order chi connectivity index (χ1) is 11.2. The van der Waals surface area contributed by atoms with E-state index in [0.29, 0.717) is 17.2 Å². The molecule has 1 amide bonds. The summed E-state index contributed by atoms with van der Waals surface area (Å²) < 4.78 is 5.64. The third kappa shape index (κ3) is 5.71. The first-order valence-corrected chi connectivity index (χ1v) is 7.92. The van der Waals surface area contributed by atoms with Gasteiger partial charge in [-0.05, 0) is 36.7 Å². The zero-order valence-corrected chi connectivity index (χ0v) is 13.4. The third-order valence-electron chi connectivity index (χ3n) is 3.45. The van der Waals surface area contributed by atoms with Crippen molar-refractivity contribution >= 4 is 5.91 Å². The highest BCUT2D eigenvalue weighted by molar-refractivity contribution is 5.92. The van der Waals surface area contributed by atoms with Gasteiger partial charge >= 0.3 is 0 Å². The zero-order valence-electron chi connectivity index (χ0n) is 13.4. The molecule has 1 aromatic carbocycles. The lowest BCUT2D eigenvalue weighted by Gasteiger charge is -2.07. The number of hydrogen-bond acceptors (Lipinski definition) is 4. The highest BCUT2D eigenvalue weighted by atomic mass is 16.5. The van der Waals surface area contributed by atoms with Gasteiger partial charge in [0, 0.05) is 18.8 Å². The summed E-state index contributed by atoms with van der Waals surface area (Å²) in [6.45, 7) is 4.10. The summed E-state index contributed by atoms with van der Waals surface area (Å²) >= 11 is 0. The number of benzene rings is 1. The predicted molar refractivity (Wildman–Crippen MR) is 90.5 cm³/mol. The Hall–Kier alpha value is -2.40. The molecule has 5 nitrogen and oxygen atoms in total. The molecule has 23 heavy (non-hydrogen) atoms. The first kappa shape index (κ1) is 17.0.